The Balaban J connectivity index is 1.71. The van der Waals surface area contributed by atoms with Gasteiger partial charge in [0.1, 0.15) is 11.3 Å². The average molecular weight is 454 g/mol. The summed E-state index contributed by atoms with van der Waals surface area (Å²) in [6.45, 7) is 5.99. The molecule has 0 radical (unpaired) electrons. The van der Waals surface area contributed by atoms with Crippen LogP contribution in [0.5, 0.6) is 0 Å². The van der Waals surface area contributed by atoms with Gasteiger partial charge in [0.2, 0.25) is 0 Å². The van der Waals surface area contributed by atoms with Crippen LogP contribution < -0.4 is 5.32 Å². The first-order valence-electron chi connectivity index (χ1n) is 9.63. The van der Waals surface area contributed by atoms with Gasteiger partial charge in [-0.15, -0.1) is 0 Å². The van der Waals surface area contributed by atoms with Crippen molar-refractivity contribution in [1.82, 2.24) is 14.8 Å². The Bertz CT molecular complexity index is 1240. The number of thiocarbonyl (C=S) groups is 1. The van der Waals surface area contributed by atoms with Crippen molar-refractivity contribution < 1.29 is 14.0 Å². The number of rotatable bonds is 4. The van der Waals surface area contributed by atoms with E-state index in [-0.39, 0.29) is 17.2 Å². The Kier molecular flexibility index (Phi) is 5.56. The van der Waals surface area contributed by atoms with Crippen molar-refractivity contribution >= 4 is 46.8 Å². The Morgan fingerprint density at radius 2 is 1.94 bits per heavy atom. The van der Waals surface area contributed by atoms with Crippen LogP contribution in [-0.4, -0.2) is 26.4 Å². The first-order valence-corrected chi connectivity index (χ1v) is 10.4. The molecular formula is C23H20ClN3O3S. The Morgan fingerprint density at radius 1 is 1.16 bits per heavy atom. The van der Waals surface area contributed by atoms with Gasteiger partial charge in [0.05, 0.1) is 12.8 Å². The van der Waals surface area contributed by atoms with E-state index in [9.17, 15) is 9.59 Å². The summed E-state index contributed by atoms with van der Waals surface area (Å²) in [5.41, 5.74) is 4.52. The van der Waals surface area contributed by atoms with Crippen molar-refractivity contribution in [2.45, 2.75) is 27.3 Å². The molecule has 1 N–H and O–H groups in total. The van der Waals surface area contributed by atoms with Crippen molar-refractivity contribution in [2.75, 3.05) is 0 Å². The molecule has 0 saturated carbocycles. The predicted octanol–water partition coefficient (Wildman–Crippen LogP) is 4.48. The van der Waals surface area contributed by atoms with E-state index < -0.39 is 11.8 Å². The van der Waals surface area contributed by atoms with Crippen molar-refractivity contribution in [3.05, 3.63) is 81.5 Å². The van der Waals surface area contributed by atoms with Gasteiger partial charge in [0.25, 0.3) is 11.8 Å². The first-order chi connectivity index (χ1) is 14.8. The first kappa shape index (κ1) is 21.1. The molecule has 31 heavy (non-hydrogen) atoms. The molecule has 8 heteroatoms. The van der Waals surface area contributed by atoms with Crippen LogP contribution in [0.3, 0.4) is 0 Å². The third-order valence-electron chi connectivity index (χ3n) is 5.26. The largest absolute Gasteiger partial charge is 0.467 e. The van der Waals surface area contributed by atoms with E-state index in [4.69, 9.17) is 28.2 Å². The SMILES string of the molecule is Cc1ccc(-n2c(C)cc(/C=C3\C(=O)NC(=S)N(Cc4ccco4)C3=O)c2C)cc1Cl. The van der Waals surface area contributed by atoms with Gasteiger partial charge in [-0.25, -0.2) is 0 Å². The second-order valence-electron chi connectivity index (χ2n) is 7.38. The molecule has 0 atom stereocenters. The molecule has 1 aromatic carbocycles. The zero-order valence-electron chi connectivity index (χ0n) is 17.2. The standard InChI is InChI=1S/C23H20ClN3O3S/c1-13-6-7-17(11-20(13)24)27-14(2)9-16(15(27)3)10-19-21(28)25-23(31)26(22(19)29)12-18-5-4-8-30-18/h4-11H,12H2,1-3H3,(H,25,28,31)/b19-10+. The van der Waals surface area contributed by atoms with Crippen LogP contribution in [0.15, 0.2) is 52.7 Å². The molecule has 6 nitrogen and oxygen atoms in total. The molecule has 2 amide bonds. The summed E-state index contributed by atoms with van der Waals surface area (Å²) in [4.78, 5) is 27.0. The van der Waals surface area contributed by atoms with E-state index in [1.807, 2.05) is 49.6 Å². The fourth-order valence-corrected chi connectivity index (χ4v) is 4.02. The maximum absolute atomic E-state index is 13.1. The van der Waals surface area contributed by atoms with Crippen LogP contribution in [-0.2, 0) is 16.1 Å². The minimum absolute atomic E-state index is 0.0161. The zero-order valence-corrected chi connectivity index (χ0v) is 18.8. The third kappa shape index (κ3) is 3.94. The summed E-state index contributed by atoms with van der Waals surface area (Å²) in [5, 5.41) is 3.33. The number of furan rings is 1. The van der Waals surface area contributed by atoms with Gasteiger partial charge in [-0.2, -0.15) is 0 Å². The molecule has 0 unspecified atom stereocenters. The van der Waals surface area contributed by atoms with Crippen LogP contribution in [0.4, 0.5) is 0 Å². The number of halogens is 1. The molecule has 0 spiro atoms. The summed E-state index contributed by atoms with van der Waals surface area (Å²) < 4.78 is 7.35. The Labute approximate surface area is 190 Å². The van der Waals surface area contributed by atoms with Crippen molar-refractivity contribution in [1.29, 1.82) is 0 Å². The molecule has 0 bridgehead atoms. The van der Waals surface area contributed by atoms with E-state index in [1.54, 1.807) is 18.2 Å². The lowest BCUT2D eigenvalue weighted by molar-refractivity contribution is -0.129. The molecule has 4 rings (SSSR count). The van der Waals surface area contributed by atoms with E-state index in [2.05, 4.69) is 5.32 Å². The quantitative estimate of drug-likeness (QED) is 0.359. The van der Waals surface area contributed by atoms with Crippen LogP contribution in [0.2, 0.25) is 5.02 Å². The van der Waals surface area contributed by atoms with Gasteiger partial charge < -0.3 is 8.98 Å². The van der Waals surface area contributed by atoms with Crippen LogP contribution in [0.25, 0.3) is 11.8 Å². The number of nitrogens with one attached hydrogen (secondary N) is 1. The Morgan fingerprint density at radius 3 is 2.61 bits per heavy atom. The number of hydrogen-bond acceptors (Lipinski definition) is 4. The number of nitrogens with zero attached hydrogens (tertiary/aromatic N) is 2. The third-order valence-corrected chi connectivity index (χ3v) is 5.99. The smallest absolute Gasteiger partial charge is 0.266 e. The molecule has 1 saturated heterocycles. The highest BCUT2D eigenvalue weighted by molar-refractivity contribution is 7.80. The highest BCUT2D eigenvalue weighted by atomic mass is 35.5. The molecule has 0 aliphatic carbocycles. The summed E-state index contributed by atoms with van der Waals surface area (Å²) in [6, 6.07) is 11.3. The van der Waals surface area contributed by atoms with Crippen molar-refractivity contribution in [3.8, 4) is 5.69 Å². The molecule has 1 aliphatic heterocycles. The van der Waals surface area contributed by atoms with E-state index >= 15 is 0 Å². The van der Waals surface area contributed by atoms with Crippen LogP contribution >= 0.6 is 23.8 Å². The molecule has 3 aromatic rings. The fraction of sp³-hybridized carbons (Fsp3) is 0.174. The van der Waals surface area contributed by atoms with Gasteiger partial charge >= 0.3 is 0 Å². The molecule has 2 aromatic heterocycles. The van der Waals surface area contributed by atoms with Crippen molar-refractivity contribution in [3.63, 3.8) is 0 Å². The highest BCUT2D eigenvalue weighted by Gasteiger charge is 2.34. The topological polar surface area (TPSA) is 67.5 Å². The summed E-state index contributed by atoms with van der Waals surface area (Å²) in [6.07, 6.45) is 3.12. The molecule has 1 fully saturated rings. The lowest BCUT2D eigenvalue weighted by atomic mass is 10.1. The highest BCUT2D eigenvalue weighted by Crippen LogP contribution is 2.27. The molecule has 1 aliphatic rings. The van der Waals surface area contributed by atoms with E-state index in [0.717, 1.165) is 28.2 Å². The zero-order chi connectivity index (χ0) is 22.3. The minimum atomic E-state index is -0.520. The predicted molar refractivity (Wildman–Crippen MR) is 123 cm³/mol. The van der Waals surface area contributed by atoms with Crippen LogP contribution in [0, 0.1) is 20.8 Å². The molecule has 3 heterocycles. The monoisotopic (exact) mass is 453 g/mol. The fourth-order valence-electron chi connectivity index (χ4n) is 3.60. The van der Waals surface area contributed by atoms with Gasteiger partial charge in [0, 0.05) is 22.1 Å². The van der Waals surface area contributed by atoms with Gasteiger partial charge in [-0.3, -0.25) is 19.8 Å². The maximum atomic E-state index is 13.1. The lowest BCUT2D eigenvalue weighted by Crippen LogP contribution is -2.53. The second kappa shape index (κ2) is 8.17. The van der Waals surface area contributed by atoms with Gasteiger partial charge in [-0.05, 0) is 80.5 Å². The summed E-state index contributed by atoms with van der Waals surface area (Å²) in [5.74, 6) is -0.414. The van der Waals surface area contributed by atoms with Gasteiger partial charge in [0.15, 0.2) is 5.11 Å². The van der Waals surface area contributed by atoms with Crippen molar-refractivity contribution in [2.24, 2.45) is 0 Å². The normalized spacial score (nSPS) is 15.7. The number of benzene rings is 1. The van der Waals surface area contributed by atoms with E-state index in [1.165, 1.54) is 11.2 Å². The molecule has 158 valence electrons. The summed E-state index contributed by atoms with van der Waals surface area (Å²) in [7, 11) is 0. The summed E-state index contributed by atoms with van der Waals surface area (Å²) >= 11 is 11.5. The number of carbonyl (C=O) groups is 2. The van der Waals surface area contributed by atoms with Gasteiger partial charge in [-0.1, -0.05) is 17.7 Å². The number of aromatic nitrogens is 1. The lowest BCUT2D eigenvalue weighted by Gasteiger charge is -2.28. The number of aryl methyl sites for hydroxylation is 2. The Hall–Kier alpha value is -3.16. The number of hydrogen-bond donors (Lipinski definition) is 1. The maximum Gasteiger partial charge on any atom is 0.266 e. The van der Waals surface area contributed by atoms with Crippen LogP contribution in [0.1, 0.15) is 28.3 Å². The van der Waals surface area contributed by atoms with E-state index in [0.29, 0.717) is 10.8 Å². The number of amides is 2. The minimum Gasteiger partial charge on any atom is -0.467 e. The number of carbonyl (C=O) groups excluding carboxylic acids is 2. The second-order valence-corrected chi connectivity index (χ2v) is 8.18. The molecular weight excluding hydrogens is 434 g/mol. The average Bonchev–Trinajstić information content (AvgIpc) is 3.32.